The van der Waals surface area contributed by atoms with Gasteiger partial charge in [-0.05, 0) is 56.9 Å². The maximum Gasteiger partial charge on any atom is 0.410 e. The number of likely N-dealkylation sites (tertiary alicyclic amines) is 1. The second-order valence-electron chi connectivity index (χ2n) is 11.6. The Morgan fingerprint density at radius 1 is 1.29 bits per heavy atom. The number of carbonyl (C=O) groups excluding carboxylic acids is 1. The smallest absolute Gasteiger partial charge is 0.410 e. The Kier molecular flexibility index (Phi) is 4.38. The average molecular weight is 443 g/mol. The van der Waals surface area contributed by atoms with Crippen molar-refractivity contribution in [2.45, 2.75) is 65.4 Å². The fraction of sp³-hybridized carbons (Fsp3) is 0.708. The molecule has 7 heteroatoms. The number of amides is 1. The van der Waals surface area contributed by atoms with Gasteiger partial charge in [0, 0.05) is 37.5 Å². The van der Waals surface area contributed by atoms with Crippen molar-refractivity contribution in [1.82, 2.24) is 9.88 Å². The fourth-order valence-corrected chi connectivity index (χ4v) is 6.38. The van der Waals surface area contributed by atoms with Crippen molar-refractivity contribution in [3.05, 3.63) is 21.8 Å². The molecule has 6 rings (SSSR count). The zero-order valence-corrected chi connectivity index (χ0v) is 19.8. The maximum atomic E-state index is 12.4. The van der Waals surface area contributed by atoms with Crippen LogP contribution in [0.3, 0.4) is 0 Å². The molecule has 0 aromatic carbocycles. The molecule has 1 saturated carbocycles. The number of carbonyl (C=O) groups is 1. The van der Waals surface area contributed by atoms with Crippen molar-refractivity contribution in [2.24, 2.45) is 16.7 Å². The number of nitriles is 1. The van der Waals surface area contributed by atoms with Crippen LogP contribution in [-0.4, -0.2) is 47.8 Å². The molecule has 166 valence electrons. The number of aromatic nitrogens is 1. The summed E-state index contributed by atoms with van der Waals surface area (Å²) in [7, 11) is 0. The molecule has 0 unspecified atom stereocenters. The lowest BCUT2D eigenvalue weighted by Crippen LogP contribution is -2.60. The van der Waals surface area contributed by atoms with E-state index < -0.39 is 5.60 Å². The van der Waals surface area contributed by atoms with Crippen LogP contribution in [0.25, 0.3) is 0 Å². The lowest BCUT2D eigenvalue weighted by Gasteiger charge is -2.56. The van der Waals surface area contributed by atoms with Crippen LogP contribution < -0.4 is 4.90 Å². The largest absolute Gasteiger partial charge is 0.444 e. The molecule has 5 aliphatic rings. The Hall–Kier alpha value is -2.00. The second-order valence-corrected chi connectivity index (χ2v) is 12.0. The van der Waals surface area contributed by atoms with E-state index in [1.807, 2.05) is 20.8 Å². The van der Waals surface area contributed by atoms with Crippen LogP contribution in [0, 0.1) is 28.1 Å². The molecular weight excluding hydrogens is 412 g/mol. The van der Waals surface area contributed by atoms with Crippen molar-refractivity contribution in [2.75, 3.05) is 31.1 Å². The molecule has 0 radical (unpaired) electrons. The highest BCUT2D eigenvalue weighted by atomic mass is 35.5. The van der Waals surface area contributed by atoms with E-state index in [4.69, 9.17) is 21.3 Å². The zero-order valence-electron chi connectivity index (χ0n) is 19.1. The minimum absolute atomic E-state index is 0.0501. The fourth-order valence-electron chi connectivity index (χ4n) is 6.08. The van der Waals surface area contributed by atoms with Gasteiger partial charge in [-0.3, -0.25) is 0 Å². The van der Waals surface area contributed by atoms with Crippen molar-refractivity contribution >= 4 is 23.5 Å². The molecule has 0 N–H and O–H groups in total. The predicted octanol–water partition coefficient (Wildman–Crippen LogP) is 4.74. The minimum atomic E-state index is -0.485. The van der Waals surface area contributed by atoms with Gasteiger partial charge in [0.25, 0.3) is 0 Å². The van der Waals surface area contributed by atoms with Crippen molar-refractivity contribution < 1.29 is 9.53 Å². The normalized spacial score (nSPS) is 27.3. The molecule has 1 aromatic rings. The molecule has 3 aliphatic carbocycles. The lowest BCUT2D eigenvalue weighted by molar-refractivity contribution is -0.0266. The van der Waals surface area contributed by atoms with Crippen LogP contribution in [0.4, 0.5) is 10.6 Å². The molecule has 1 aromatic heterocycles. The minimum Gasteiger partial charge on any atom is -0.444 e. The van der Waals surface area contributed by atoms with Gasteiger partial charge in [0.05, 0.1) is 10.7 Å². The van der Waals surface area contributed by atoms with Gasteiger partial charge in [-0.1, -0.05) is 25.4 Å². The Morgan fingerprint density at radius 2 is 2.00 bits per heavy atom. The first-order chi connectivity index (χ1) is 14.4. The molecule has 1 amide bonds. The third-order valence-electron chi connectivity index (χ3n) is 8.05. The molecule has 2 bridgehead atoms. The van der Waals surface area contributed by atoms with Gasteiger partial charge in [0.1, 0.15) is 23.1 Å². The molecule has 3 fully saturated rings. The molecule has 2 saturated heterocycles. The Morgan fingerprint density at radius 3 is 2.61 bits per heavy atom. The van der Waals surface area contributed by atoms with Gasteiger partial charge < -0.3 is 14.5 Å². The summed E-state index contributed by atoms with van der Waals surface area (Å²) >= 11 is 6.78. The predicted molar refractivity (Wildman–Crippen MR) is 119 cm³/mol. The maximum absolute atomic E-state index is 12.4. The van der Waals surface area contributed by atoms with Gasteiger partial charge in [-0.2, -0.15) is 5.26 Å². The van der Waals surface area contributed by atoms with Gasteiger partial charge >= 0.3 is 6.09 Å². The number of ether oxygens (including phenoxy) is 1. The van der Waals surface area contributed by atoms with Crippen molar-refractivity contribution in [1.29, 1.82) is 5.26 Å². The van der Waals surface area contributed by atoms with E-state index >= 15 is 0 Å². The standard InChI is InChI=1S/C24H31ClN4O2/c1-22(2,3)31-21(30)29-12-24(13-29)6-7-28(11-24)20-16(10-26)18(25)15-8-14-9-17(19(15)27-20)23(14,4)5/h14,17H,6-9,11-13H2,1-5H3/t14-,17-/m0/s1. The molecule has 6 nitrogen and oxygen atoms in total. The van der Waals surface area contributed by atoms with Gasteiger partial charge in [0.2, 0.25) is 0 Å². The highest BCUT2D eigenvalue weighted by molar-refractivity contribution is 6.33. The van der Waals surface area contributed by atoms with Crippen LogP contribution in [-0.2, 0) is 11.2 Å². The Labute approximate surface area is 189 Å². The summed E-state index contributed by atoms with van der Waals surface area (Å²) in [5.41, 5.74) is 2.53. The van der Waals surface area contributed by atoms with E-state index in [0.29, 0.717) is 35.5 Å². The third-order valence-corrected chi connectivity index (χ3v) is 8.47. The lowest BCUT2D eigenvalue weighted by atomic mass is 9.48. The van der Waals surface area contributed by atoms with Crippen LogP contribution in [0.5, 0.6) is 0 Å². The zero-order chi connectivity index (χ0) is 22.3. The van der Waals surface area contributed by atoms with E-state index in [0.717, 1.165) is 43.0 Å². The number of anilines is 1. The van der Waals surface area contributed by atoms with Gasteiger partial charge in [-0.15, -0.1) is 0 Å². The molecule has 2 atom stereocenters. The highest BCUT2D eigenvalue weighted by Crippen LogP contribution is 2.63. The molecule has 1 spiro atoms. The molecule has 2 aliphatic heterocycles. The van der Waals surface area contributed by atoms with Crippen LogP contribution in [0.2, 0.25) is 5.02 Å². The Balaban J connectivity index is 1.37. The van der Waals surface area contributed by atoms with E-state index in [9.17, 15) is 10.1 Å². The molecule has 3 heterocycles. The van der Waals surface area contributed by atoms with Crippen molar-refractivity contribution in [3.8, 4) is 6.07 Å². The van der Waals surface area contributed by atoms with E-state index in [1.54, 1.807) is 4.90 Å². The van der Waals surface area contributed by atoms with Crippen LogP contribution >= 0.6 is 11.6 Å². The first-order valence-electron chi connectivity index (χ1n) is 11.3. The van der Waals surface area contributed by atoms with E-state index in [1.165, 1.54) is 6.42 Å². The molecular formula is C24H31ClN4O2. The van der Waals surface area contributed by atoms with Crippen molar-refractivity contribution in [3.63, 3.8) is 0 Å². The van der Waals surface area contributed by atoms with Crippen LogP contribution in [0.1, 0.15) is 70.2 Å². The van der Waals surface area contributed by atoms with Gasteiger partial charge in [-0.25, -0.2) is 9.78 Å². The number of pyridine rings is 1. The number of hydrogen-bond acceptors (Lipinski definition) is 5. The SMILES string of the molecule is CC(C)(C)OC(=O)N1CC2(CCN(c3nc4c(c(Cl)c3C#N)C[C@H]3C[C@@H]4C3(C)C)C2)C1. The summed E-state index contributed by atoms with van der Waals surface area (Å²) in [4.78, 5) is 21.4. The first kappa shape index (κ1) is 20.9. The number of halogens is 1. The summed E-state index contributed by atoms with van der Waals surface area (Å²) in [5.74, 6) is 1.79. The summed E-state index contributed by atoms with van der Waals surface area (Å²) in [6.07, 6.45) is 2.83. The summed E-state index contributed by atoms with van der Waals surface area (Å²) in [6.45, 7) is 13.3. The molecule has 31 heavy (non-hydrogen) atoms. The Bertz CT molecular complexity index is 1000. The van der Waals surface area contributed by atoms with E-state index in [-0.39, 0.29) is 16.9 Å². The second kappa shape index (κ2) is 6.51. The summed E-state index contributed by atoms with van der Waals surface area (Å²) in [5, 5.41) is 10.5. The summed E-state index contributed by atoms with van der Waals surface area (Å²) in [6, 6.07) is 2.34. The number of nitrogens with zero attached hydrogens (tertiary/aromatic N) is 4. The van der Waals surface area contributed by atoms with E-state index in [2.05, 4.69) is 24.8 Å². The third kappa shape index (κ3) is 3.11. The average Bonchev–Trinajstić information content (AvgIpc) is 3.10. The first-order valence-corrected chi connectivity index (χ1v) is 11.7. The quantitative estimate of drug-likeness (QED) is 0.628. The van der Waals surface area contributed by atoms with Crippen LogP contribution in [0.15, 0.2) is 0 Å². The number of rotatable bonds is 1. The van der Waals surface area contributed by atoms with Gasteiger partial charge in [0.15, 0.2) is 0 Å². The monoisotopic (exact) mass is 442 g/mol. The highest BCUT2D eigenvalue weighted by Gasteiger charge is 2.55. The number of hydrogen-bond donors (Lipinski definition) is 0. The topological polar surface area (TPSA) is 69.5 Å². The summed E-state index contributed by atoms with van der Waals surface area (Å²) < 4.78 is 5.51.